The van der Waals surface area contributed by atoms with E-state index in [1.807, 2.05) is 0 Å². The van der Waals surface area contributed by atoms with Gasteiger partial charge in [0.25, 0.3) is 0 Å². The summed E-state index contributed by atoms with van der Waals surface area (Å²) in [7, 11) is 0. The van der Waals surface area contributed by atoms with Crippen molar-refractivity contribution >= 4 is 5.97 Å². The van der Waals surface area contributed by atoms with Gasteiger partial charge in [-0.1, -0.05) is 0 Å². The standard InChI is InChI=1S/C9H10N2O3/c12-9(13)7-3-10-4-8(11-7)14-5-6-1-2-6/h3-4,6H,1-2,5H2,(H,12,13). The second-order valence-electron chi connectivity index (χ2n) is 3.30. The number of hydrogen-bond acceptors (Lipinski definition) is 4. The van der Waals surface area contributed by atoms with Crippen LogP contribution < -0.4 is 4.74 Å². The van der Waals surface area contributed by atoms with Gasteiger partial charge in [-0.15, -0.1) is 0 Å². The van der Waals surface area contributed by atoms with Crippen LogP contribution in [0.1, 0.15) is 23.3 Å². The van der Waals surface area contributed by atoms with Crippen molar-refractivity contribution in [3.8, 4) is 5.88 Å². The lowest BCUT2D eigenvalue weighted by Crippen LogP contribution is -2.05. The number of aromatic carboxylic acids is 1. The molecule has 74 valence electrons. The number of ether oxygens (including phenoxy) is 1. The summed E-state index contributed by atoms with van der Waals surface area (Å²) in [5.74, 6) is -0.184. The van der Waals surface area contributed by atoms with Crippen molar-refractivity contribution in [2.75, 3.05) is 6.61 Å². The van der Waals surface area contributed by atoms with E-state index < -0.39 is 5.97 Å². The van der Waals surface area contributed by atoms with Crippen LogP contribution >= 0.6 is 0 Å². The van der Waals surface area contributed by atoms with E-state index in [1.54, 1.807) is 0 Å². The molecule has 0 aliphatic heterocycles. The van der Waals surface area contributed by atoms with Gasteiger partial charge in [0.15, 0.2) is 5.69 Å². The van der Waals surface area contributed by atoms with E-state index in [-0.39, 0.29) is 11.6 Å². The Bertz CT molecular complexity index is 350. The zero-order valence-corrected chi connectivity index (χ0v) is 7.51. The lowest BCUT2D eigenvalue weighted by molar-refractivity contribution is 0.0688. The zero-order chi connectivity index (χ0) is 9.97. The van der Waals surface area contributed by atoms with E-state index in [0.717, 1.165) is 0 Å². The van der Waals surface area contributed by atoms with Gasteiger partial charge in [-0.3, -0.25) is 4.98 Å². The van der Waals surface area contributed by atoms with E-state index in [9.17, 15) is 4.79 Å². The first-order valence-corrected chi connectivity index (χ1v) is 4.44. The average Bonchev–Trinajstić information content (AvgIpc) is 2.99. The third-order valence-corrected chi connectivity index (χ3v) is 2.00. The second-order valence-corrected chi connectivity index (χ2v) is 3.30. The predicted molar refractivity (Wildman–Crippen MR) is 47.2 cm³/mol. The molecule has 5 nitrogen and oxygen atoms in total. The minimum absolute atomic E-state index is 0.0849. The fraction of sp³-hybridized carbons (Fsp3) is 0.444. The number of carboxylic acids is 1. The molecule has 0 spiro atoms. The molecular weight excluding hydrogens is 184 g/mol. The van der Waals surface area contributed by atoms with Crippen LogP contribution in [-0.4, -0.2) is 27.7 Å². The Kier molecular flexibility index (Phi) is 2.30. The third-order valence-electron chi connectivity index (χ3n) is 2.00. The molecule has 0 bridgehead atoms. The molecule has 1 heterocycles. The van der Waals surface area contributed by atoms with Gasteiger partial charge in [0.05, 0.1) is 19.0 Å². The molecule has 14 heavy (non-hydrogen) atoms. The van der Waals surface area contributed by atoms with E-state index >= 15 is 0 Å². The number of rotatable bonds is 4. The quantitative estimate of drug-likeness (QED) is 0.772. The Balaban J connectivity index is 2.01. The minimum Gasteiger partial charge on any atom is -0.476 e. The normalized spacial score (nSPS) is 15.1. The number of carboxylic acid groups (broad SMARTS) is 1. The second kappa shape index (κ2) is 3.61. The van der Waals surface area contributed by atoms with Gasteiger partial charge in [-0.05, 0) is 18.8 Å². The van der Waals surface area contributed by atoms with Crippen LogP contribution in [0.5, 0.6) is 5.88 Å². The Morgan fingerprint density at radius 3 is 3.00 bits per heavy atom. The van der Waals surface area contributed by atoms with Gasteiger partial charge in [0.1, 0.15) is 0 Å². The number of aromatic nitrogens is 2. The molecule has 0 saturated heterocycles. The molecule has 1 aromatic heterocycles. The Morgan fingerprint density at radius 1 is 1.57 bits per heavy atom. The first kappa shape index (κ1) is 8.93. The maximum Gasteiger partial charge on any atom is 0.356 e. The summed E-state index contributed by atoms with van der Waals surface area (Å²) >= 11 is 0. The van der Waals surface area contributed by atoms with Gasteiger partial charge in [0.2, 0.25) is 5.88 Å². The van der Waals surface area contributed by atoms with Crippen molar-refractivity contribution in [2.45, 2.75) is 12.8 Å². The van der Waals surface area contributed by atoms with Crippen molar-refractivity contribution in [1.29, 1.82) is 0 Å². The molecule has 5 heteroatoms. The molecule has 0 aromatic carbocycles. The summed E-state index contributed by atoms with van der Waals surface area (Å²) in [5.41, 5.74) is -0.0849. The molecule has 0 atom stereocenters. The van der Waals surface area contributed by atoms with Crippen molar-refractivity contribution in [3.63, 3.8) is 0 Å². The van der Waals surface area contributed by atoms with E-state index in [0.29, 0.717) is 12.5 Å². The molecule has 2 rings (SSSR count). The van der Waals surface area contributed by atoms with Gasteiger partial charge in [-0.2, -0.15) is 0 Å². The SMILES string of the molecule is O=C(O)c1cncc(OCC2CC2)n1. The minimum atomic E-state index is -1.09. The smallest absolute Gasteiger partial charge is 0.356 e. The van der Waals surface area contributed by atoms with Crippen LogP contribution in [0.2, 0.25) is 0 Å². The molecule has 1 saturated carbocycles. The topological polar surface area (TPSA) is 72.3 Å². The maximum absolute atomic E-state index is 10.5. The van der Waals surface area contributed by atoms with Crippen LogP contribution in [0.15, 0.2) is 12.4 Å². The summed E-state index contributed by atoms with van der Waals surface area (Å²) in [6.45, 7) is 0.609. The summed E-state index contributed by atoms with van der Waals surface area (Å²) in [6, 6.07) is 0. The predicted octanol–water partition coefficient (Wildman–Crippen LogP) is 0.964. The Labute approximate surface area is 80.8 Å². The van der Waals surface area contributed by atoms with Gasteiger partial charge < -0.3 is 9.84 Å². The largest absolute Gasteiger partial charge is 0.476 e. The van der Waals surface area contributed by atoms with Crippen LogP contribution in [-0.2, 0) is 0 Å². The third kappa shape index (κ3) is 2.18. The highest BCUT2D eigenvalue weighted by Crippen LogP contribution is 2.29. The Morgan fingerprint density at radius 2 is 2.36 bits per heavy atom. The van der Waals surface area contributed by atoms with Crippen molar-refractivity contribution in [2.24, 2.45) is 5.92 Å². The first-order chi connectivity index (χ1) is 6.75. The van der Waals surface area contributed by atoms with Crippen LogP contribution in [0.4, 0.5) is 0 Å². The molecular formula is C9H10N2O3. The fourth-order valence-electron chi connectivity index (χ4n) is 1.01. The van der Waals surface area contributed by atoms with E-state index in [2.05, 4.69) is 9.97 Å². The van der Waals surface area contributed by atoms with Crippen molar-refractivity contribution < 1.29 is 14.6 Å². The first-order valence-electron chi connectivity index (χ1n) is 4.44. The highest BCUT2D eigenvalue weighted by molar-refractivity contribution is 5.84. The highest BCUT2D eigenvalue weighted by Gasteiger charge is 2.22. The molecule has 1 fully saturated rings. The zero-order valence-electron chi connectivity index (χ0n) is 7.51. The molecule has 1 aliphatic carbocycles. The summed E-state index contributed by atoms with van der Waals surface area (Å²) in [6.07, 6.45) is 5.00. The molecule has 1 aromatic rings. The summed E-state index contributed by atoms with van der Waals surface area (Å²) < 4.78 is 5.28. The van der Waals surface area contributed by atoms with Gasteiger partial charge in [0, 0.05) is 0 Å². The number of carbonyl (C=O) groups is 1. The highest BCUT2D eigenvalue weighted by atomic mass is 16.5. The number of nitrogens with zero attached hydrogens (tertiary/aromatic N) is 2. The van der Waals surface area contributed by atoms with Gasteiger partial charge >= 0.3 is 5.97 Å². The lowest BCUT2D eigenvalue weighted by atomic mass is 10.4. The molecule has 1 N–H and O–H groups in total. The van der Waals surface area contributed by atoms with E-state index in [4.69, 9.17) is 9.84 Å². The molecule has 0 unspecified atom stereocenters. The van der Waals surface area contributed by atoms with Crippen LogP contribution in [0.3, 0.4) is 0 Å². The molecule has 1 aliphatic rings. The van der Waals surface area contributed by atoms with E-state index in [1.165, 1.54) is 25.2 Å². The molecule has 0 radical (unpaired) electrons. The van der Waals surface area contributed by atoms with Crippen molar-refractivity contribution in [1.82, 2.24) is 9.97 Å². The summed E-state index contributed by atoms with van der Waals surface area (Å²) in [4.78, 5) is 18.1. The average molecular weight is 194 g/mol. The lowest BCUT2D eigenvalue weighted by Gasteiger charge is -2.03. The van der Waals surface area contributed by atoms with Crippen LogP contribution in [0.25, 0.3) is 0 Å². The number of hydrogen-bond donors (Lipinski definition) is 1. The van der Waals surface area contributed by atoms with Crippen LogP contribution in [0, 0.1) is 5.92 Å². The maximum atomic E-state index is 10.5. The molecule has 0 amide bonds. The van der Waals surface area contributed by atoms with Gasteiger partial charge in [-0.25, -0.2) is 9.78 Å². The van der Waals surface area contributed by atoms with Crippen molar-refractivity contribution in [3.05, 3.63) is 18.1 Å². The monoisotopic (exact) mass is 194 g/mol. The fourth-order valence-corrected chi connectivity index (χ4v) is 1.01. The Hall–Kier alpha value is -1.65. The summed E-state index contributed by atoms with van der Waals surface area (Å²) in [5, 5.41) is 8.64.